The molecule has 0 spiro atoms. The number of methoxy groups -OCH3 is 3. The molecule has 0 heterocycles. The van der Waals surface area contributed by atoms with Crippen molar-refractivity contribution >= 4 is 11.6 Å². The number of amides is 1. The molecule has 24 heavy (non-hydrogen) atoms. The van der Waals surface area contributed by atoms with Crippen molar-refractivity contribution < 1.29 is 19.0 Å². The van der Waals surface area contributed by atoms with Gasteiger partial charge >= 0.3 is 0 Å². The van der Waals surface area contributed by atoms with E-state index in [1.807, 2.05) is 38.1 Å². The van der Waals surface area contributed by atoms with Crippen LogP contribution >= 0.6 is 0 Å². The average molecular weight is 329 g/mol. The molecule has 0 aliphatic carbocycles. The molecule has 5 heteroatoms. The third kappa shape index (κ3) is 3.45. The highest BCUT2D eigenvalue weighted by Crippen LogP contribution is 2.45. The summed E-state index contributed by atoms with van der Waals surface area (Å²) in [4.78, 5) is 11.6. The summed E-state index contributed by atoms with van der Waals surface area (Å²) >= 11 is 0. The number of nitrogens with one attached hydrogen (secondary N) is 1. The van der Waals surface area contributed by atoms with E-state index < -0.39 is 0 Å². The first kappa shape index (κ1) is 17.7. The number of rotatable bonds is 5. The van der Waals surface area contributed by atoms with Crippen molar-refractivity contribution in [2.24, 2.45) is 0 Å². The van der Waals surface area contributed by atoms with E-state index in [4.69, 9.17) is 14.2 Å². The van der Waals surface area contributed by atoms with E-state index >= 15 is 0 Å². The van der Waals surface area contributed by atoms with Crippen molar-refractivity contribution in [2.75, 3.05) is 26.6 Å². The van der Waals surface area contributed by atoms with Gasteiger partial charge in [0.05, 0.1) is 32.6 Å². The maximum absolute atomic E-state index is 11.6. The molecule has 1 N–H and O–H groups in total. The number of aryl methyl sites for hydroxylation is 2. The Morgan fingerprint density at radius 2 is 1.50 bits per heavy atom. The van der Waals surface area contributed by atoms with Crippen LogP contribution in [0.15, 0.2) is 24.3 Å². The number of anilines is 1. The van der Waals surface area contributed by atoms with Gasteiger partial charge in [-0.1, -0.05) is 0 Å². The molecule has 1 amide bonds. The van der Waals surface area contributed by atoms with E-state index in [0.717, 1.165) is 22.3 Å². The molecule has 0 bridgehead atoms. The minimum Gasteiger partial charge on any atom is -0.497 e. The van der Waals surface area contributed by atoms with E-state index in [-0.39, 0.29) is 5.91 Å². The van der Waals surface area contributed by atoms with Gasteiger partial charge in [-0.05, 0) is 43.2 Å². The van der Waals surface area contributed by atoms with Gasteiger partial charge in [0.2, 0.25) is 5.91 Å². The lowest BCUT2D eigenvalue weighted by Gasteiger charge is -2.20. The first-order valence-corrected chi connectivity index (χ1v) is 7.60. The third-order valence-corrected chi connectivity index (χ3v) is 3.76. The molecule has 0 aromatic heterocycles. The first-order valence-electron chi connectivity index (χ1n) is 7.60. The summed E-state index contributed by atoms with van der Waals surface area (Å²) in [5, 5.41) is 2.89. The number of hydrogen-bond donors (Lipinski definition) is 1. The Hall–Kier alpha value is -2.69. The van der Waals surface area contributed by atoms with Crippen LogP contribution in [0.2, 0.25) is 0 Å². The molecule has 0 saturated carbocycles. The summed E-state index contributed by atoms with van der Waals surface area (Å²) in [6.45, 7) is 5.41. The summed E-state index contributed by atoms with van der Waals surface area (Å²) in [6.07, 6.45) is 0. The van der Waals surface area contributed by atoms with Crippen LogP contribution < -0.4 is 19.5 Å². The Bertz CT molecular complexity index is 768. The molecule has 0 fully saturated rings. The van der Waals surface area contributed by atoms with Crippen LogP contribution in [0, 0.1) is 13.8 Å². The number of carbonyl (C=O) groups excluding carboxylic acids is 1. The van der Waals surface area contributed by atoms with Crippen molar-refractivity contribution in [3.63, 3.8) is 0 Å². The van der Waals surface area contributed by atoms with Crippen molar-refractivity contribution in [1.29, 1.82) is 0 Å². The van der Waals surface area contributed by atoms with Crippen LogP contribution in [-0.2, 0) is 4.79 Å². The lowest BCUT2D eigenvalue weighted by molar-refractivity contribution is -0.114. The molecule has 2 aromatic rings. The van der Waals surface area contributed by atoms with Crippen molar-refractivity contribution in [2.45, 2.75) is 20.8 Å². The Balaban J connectivity index is 2.82. The van der Waals surface area contributed by atoms with Crippen molar-refractivity contribution in [3.8, 4) is 28.4 Å². The fourth-order valence-corrected chi connectivity index (χ4v) is 2.78. The molecule has 2 aromatic carbocycles. The average Bonchev–Trinajstić information content (AvgIpc) is 2.53. The van der Waals surface area contributed by atoms with Gasteiger partial charge in [-0.25, -0.2) is 0 Å². The third-order valence-electron chi connectivity index (χ3n) is 3.76. The van der Waals surface area contributed by atoms with Crippen molar-refractivity contribution in [1.82, 2.24) is 0 Å². The summed E-state index contributed by atoms with van der Waals surface area (Å²) in [6, 6.07) is 7.60. The summed E-state index contributed by atoms with van der Waals surface area (Å²) < 4.78 is 16.5. The second-order valence-corrected chi connectivity index (χ2v) is 5.59. The molecular weight excluding hydrogens is 306 g/mol. The molecule has 0 aliphatic rings. The summed E-state index contributed by atoms with van der Waals surface area (Å²) in [7, 11) is 4.83. The lowest BCUT2D eigenvalue weighted by atomic mass is 9.95. The van der Waals surface area contributed by atoms with Gasteiger partial charge in [0, 0.05) is 18.6 Å². The standard InChI is InChI=1S/C19H23NO4/c1-11-7-15(20-13(3)21)19(16(8-11)23-5)18-12(2)9-14(22-4)10-17(18)24-6/h7-10H,1-6H3,(H,20,21). The molecule has 0 aliphatic heterocycles. The Morgan fingerprint density at radius 3 is 2.04 bits per heavy atom. The van der Waals surface area contributed by atoms with Crippen LogP contribution in [0.5, 0.6) is 17.2 Å². The minimum absolute atomic E-state index is 0.144. The maximum atomic E-state index is 11.6. The molecule has 0 unspecified atom stereocenters. The number of ether oxygens (including phenoxy) is 3. The molecule has 2 rings (SSSR count). The predicted molar refractivity (Wildman–Crippen MR) is 95.3 cm³/mol. The van der Waals surface area contributed by atoms with Gasteiger partial charge in [0.15, 0.2) is 0 Å². The van der Waals surface area contributed by atoms with E-state index in [1.54, 1.807) is 21.3 Å². The van der Waals surface area contributed by atoms with Crippen LogP contribution in [0.1, 0.15) is 18.1 Å². The molecule has 128 valence electrons. The van der Waals surface area contributed by atoms with E-state index in [9.17, 15) is 4.79 Å². The zero-order chi connectivity index (χ0) is 17.9. The zero-order valence-corrected chi connectivity index (χ0v) is 14.9. The largest absolute Gasteiger partial charge is 0.497 e. The number of benzene rings is 2. The Kier molecular flexibility index (Phi) is 5.34. The molecule has 0 radical (unpaired) electrons. The molecule has 0 atom stereocenters. The van der Waals surface area contributed by atoms with Gasteiger partial charge < -0.3 is 19.5 Å². The highest BCUT2D eigenvalue weighted by molar-refractivity contribution is 5.98. The van der Waals surface area contributed by atoms with Gasteiger partial charge in [-0.3, -0.25) is 4.79 Å². The summed E-state index contributed by atoms with van der Waals surface area (Å²) in [5.74, 6) is 1.89. The first-order chi connectivity index (χ1) is 11.4. The number of hydrogen-bond acceptors (Lipinski definition) is 4. The maximum Gasteiger partial charge on any atom is 0.221 e. The monoisotopic (exact) mass is 329 g/mol. The van der Waals surface area contributed by atoms with Gasteiger partial charge in [0.25, 0.3) is 0 Å². The SMILES string of the molecule is COc1cc(C)c(-c2c(NC(C)=O)cc(C)cc2OC)c(OC)c1. The summed E-state index contributed by atoms with van der Waals surface area (Å²) in [5.41, 5.74) is 4.28. The fourth-order valence-electron chi connectivity index (χ4n) is 2.78. The van der Waals surface area contributed by atoms with Crippen molar-refractivity contribution in [3.05, 3.63) is 35.4 Å². The van der Waals surface area contributed by atoms with Crippen LogP contribution in [-0.4, -0.2) is 27.2 Å². The predicted octanol–water partition coefficient (Wildman–Crippen LogP) is 3.95. The zero-order valence-electron chi connectivity index (χ0n) is 14.9. The van der Waals surface area contributed by atoms with Crippen LogP contribution in [0.25, 0.3) is 11.1 Å². The number of carbonyl (C=O) groups is 1. The smallest absolute Gasteiger partial charge is 0.221 e. The quantitative estimate of drug-likeness (QED) is 0.902. The highest BCUT2D eigenvalue weighted by Gasteiger charge is 2.20. The normalized spacial score (nSPS) is 10.2. The molecule has 0 saturated heterocycles. The van der Waals surface area contributed by atoms with Gasteiger partial charge in [-0.2, -0.15) is 0 Å². The van der Waals surface area contributed by atoms with Crippen LogP contribution in [0.4, 0.5) is 5.69 Å². The molecular formula is C19H23NO4. The van der Waals surface area contributed by atoms with Gasteiger partial charge in [0.1, 0.15) is 17.2 Å². The second kappa shape index (κ2) is 7.25. The Labute approximate surface area is 142 Å². The van der Waals surface area contributed by atoms with E-state index in [2.05, 4.69) is 5.32 Å². The molecule has 5 nitrogen and oxygen atoms in total. The van der Waals surface area contributed by atoms with E-state index in [0.29, 0.717) is 22.9 Å². The van der Waals surface area contributed by atoms with E-state index in [1.165, 1.54) is 6.92 Å². The second-order valence-electron chi connectivity index (χ2n) is 5.59. The Morgan fingerprint density at radius 1 is 0.875 bits per heavy atom. The van der Waals surface area contributed by atoms with Gasteiger partial charge in [-0.15, -0.1) is 0 Å². The van der Waals surface area contributed by atoms with Crippen LogP contribution in [0.3, 0.4) is 0 Å². The topological polar surface area (TPSA) is 56.8 Å². The lowest BCUT2D eigenvalue weighted by Crippen LogP contribution is -2.09. The highest BCUT2D eigenvalue weighted by atomic mass is 16.5. The minimum atomic E-state index is -0.144. The fraction of sp³-hybridized carbons (Fsp3) is 0.316.